The van der Waals surface area contributed by atoms with Crippen molar-refractivity contribution in [3.63, 3.8) is 0 Å². The molecule has 92 valence electrons. The second kappa shape index (κ2) is 6.11. The SMILES string of the molecule is CC[C@H]1C(O)OC=C(C(=O)OC)[C@H]1CCCl. The smallest absolute Gasteiger partial charge is 0.337 e. The molecular formula is C11H17ClO4. The lowest BCUT2D eigenvalue weighted by Crippen LogP contribution is -2.36. The van der Waals surface area contributed by atoms with Crippen molar-refractivity contribution in [1.82, 2.24) is 0 Å². The zero-order valence-electron chi connectivity index (χ0n) is 9.48. The third kappa shape index (κ3) is 2.68. The van der Waals surface area contributed by atoms with Gasteiger partial charge in [-0.1, -0.05) is 6.92 Å². The normalized spacial score (nSPS) is 29.2. The number of rotatable bonds is 4. The minimum Gasteiger partial charge on any atom is -0.472 e. The van der Waals surface area contributed by atoms with E-state index in [1.165, 1.54) is 13.4 Å². The highest BCUT2D eigenvalue weighted by Crippen LogP contribution is 2.35. The predicted molar refractivity (Wildman–Crippen MR) is 59.8 cm³/mol. The zero-order chi connectivity index (χ0) is 12.1. The molecule has 0 fully saturated rings. The van der Waals surface area contributed by atoms with Crippen LogP contribution in [0.4, 0.5) is 0 Å². The summed E-state index contributed by atoms with van der Waals surface area (Å²) in [4.78, 5) is 11.5. The topological polar surface area (TPSA) is 55.8 Å². The Balaban J connectivity index is 2.92. The molecule has 0 aliphatic carbocycles. The quantitative estimate of drug-likeness (QED) is 0.607. The summed E-state index contributed by atoms with van der Waals surface area (Å²) in [6.07, 6.45) is 1.77. The van der Waals surface area contributed by atoms with E-state index in [4.69, 9.17) is 16.3 Å². The summed E-state index contributed by atoms with van der Waals surface area (Å²) < 4.78 is 9.73. The van der Waals surface area contributed by atoms with Crippen molar-refractivity contribution in [2.24, 2.45) is 11.8 Å². The van der Waals surface area contributed by atoms with E-state index in [1.807, 2.05) is 6.92 Å². The molecule has 1 rings (SSSR count). The summed E-state index contributed by atoms with van der Waals surface area (Å²) in [7, 11) is 1.33. The highest BCUT2D eigenvalue weighted by molar-refractivity contribution is 6.17. The average Bonchev–Trinajstić information content (AvgIpc) is 2.29. The minimum atomic E-state index is -0.869. The lowest BCUT2D eigenvalue weighted by Gasteiger charge is -2.33. The van der Waals surface area contributed by atoms with Crippen molar-refractivity contribution in [3.8, 4) is 0 Å². The van der Waals surface area contributed by atoms with E-state index in [2.05, 4.69) is 4.74 Å². The van der Waals surface area contributed by atoms with Crippen LogP contribution in [0.3, 0.4) is 0 Å². The van der Waals surface area contributed by atoms with Crippen LogP contribution in [0.1, 0.15) is 19.8 Å². The summed E-state index contributed by atoms with van der Waals surface area (Å²) in [6.45, 7) is 1.94. The Morgan fingerprint density at radius 2 is 2.38 bits per heavy atom. The molecule has 1 aliphatic heterocycles. The molecule has 0 radical (unpaired) electrons. The van der Waals surface area contributed by atoms with Crippen LogP contribution < -0.4 is 0 Å². The van der Waals surface area contributed by atoms with Crippen LogP contribution in [0.5, 0.6) is 0 Å². The standard InChI is InChI=1S/C11H17ClO4/c1-3-7-8(4-5-12)9(10(13)15-2)6-16-11(7)14/h6-8,11,14H,3-5H2,1-2H3/t7-,8+,11?/m1/s1. The Morgan fingerprint density at radius 3 is 2.88 bits per heavy atom. The van der Waals surface area contributed by atoms with Gasteiger partial charge in [0.15, 0.2) is 6.29 Å². The summed E-state index contributed by atoms with van der Waals surface area (Å²) in [5.41, 5.74) is 0.459. The van der Waals surface area contributed by atoms with Crippen LogP contribution in [-0.2, 0) is 14.3 Å². The molecule has 0 saturated carbocycles. The largest absolute Gasteiger partial charge is 0.472 e. The van der Waals surface area contributed by atoms with Gasteiger partial charge in [-0.3, -0.25) is 0 Å². The number of ether oxygens (including phenoxy) is 2. The van der Waals surface area contributed by atoms with E-state index in [1.54, 1.807) is 0 Å². The molecule has 0 bridgehead atoms. The van der Waals surface area contributed by atoms with Crippen molar-refractivity contribution >= 4 is 17.6 Å². The highest BCUT2D eigenvalue weighted by Gasteiger charge is 2.37. The second-order valence-corrected chi connectivity index (χ2v) is 4.13. The van der Waals surface area contributed by atoms with Gasteiger partial charge in [-0.2, -0.15) is 0 Å². The van der Waals surface area contributed by atoms with Crippen LogP contribution in [0.25, 0.3) is 0 Å². The fraction of sp³-hybridized carbons (Fsp3) is 0.727. The molecule has 0 saturated heterocycles. The number of hydrogen-bond donors (Lipinski definition) is 1. The number of methoxy groups -OCH3 is 1. The molecule has 1 N–H and O–H groups in total. The molecule has 1 aliphatic rings. The molecule has 4 nitrogen and oxygen atoms in total. The van der Waals surface area contributed by atoms with Gasteiger partial charge in [0, 0.05) is 17.7 Å². The van der Waals surface area contributed by atoms with Crippen molar-refractivity contribution in [2.75, 3.05) is 13.0 Å². The van der Waals surface area contributed by atoms with E-state index in [-0.39, 0.29) is 11.8 Å². The number of carbonyl (C=O) groups excluding carboxylic acids is 1. The number of carbonyl (C=O) groups is 1. The average molecular weight is 249 g/mol. The monoisotopic (exact) mass is 248 g/mol. The van der Waals surface area contributed by atoms with Crippen LogP contribution in [0.2, 0.25) is 0 Å². The number of hydrogen-bond acceptors (Lipinski definition) is 4. The van der Waals surface area contributed by atoms with Gasteiger partial charge in [0.05, 0.1) is 18.9 Å². The predicted octanol–water partition coefficient (Wildman–Crippen LogP) is 1.66. The van der Waals surface area contributed by atoms with E-state index in [0.29, 0.717) is 17.9 Å². The van der Waals surface area contributed by atoms with Gasteiger partial charge in [0.1, 0.15) is 0 Å². The maximum Gasteiger partial charge on any atom is 0.337 e. The number of aliphatic hydroxyl groups excluding tert-OH is 1. The minimum absolute atomic E-state index is 0.0984. The maximum atomic E-state index is 11.5. The van der Waals surface area contributed by atoms with Gasteiger partial charge in [-0.15, -0.1) is 11.6 Å². The van der Waals surface area contributed by atoms with Crippen LogP contribution in [-0.4, -0.2) is 30.4 Å². The lowest BCUT2D eigenvalue weighted by atomic mass is 9.80. The number of halogens is 1. The van der Waals surface area contributed by atoms with Gasteiger partial charge < -0.3 is 14.6 Å². The van der Waals surface area contributed by atoms with Crippen LogP contribution >= 0.6 is 11.6 Å². The summed E-state index contributed by atoms with van der Waals surface area (Å²) >= 11 is 5.72. The lowest BCUT2D eigenvalue weighted by molar-refractivity contribution is -0.144. The number of aliphatic hydroxyl groups is 1. The Bertz CT molecular complexity index is 277. The first-order chi connectivity index (χ1) is 7.65. The Hall–Kier alpha value is -0.740. The Labute approximate surface area is 100 Å². The maximum absolute atomic E-state index is 11.5. The van der Waals surface area contributed by atoms with E-state index < -0.39 is 12.3 Å². The third-order valence-electron chi connectivity index (χ3n) is 2.93. The van der Waals surface area contributed by atoms with Gasteiger partial charge in [0.2, 0.25) is 0 Å². The first-order valence-corrected chi connectivity index (χ1v) is 5.87. The summed E-state index contributed by atoms with van der Waals surface area (Å²) in [5, 5.41) is 9.68. The van der Waals surface area contributed by atoms with Crippen molar-refractivity contribution in [3.05, 3.63) is 11.8 Å². The van der Waals surface area contributed by atoms with Gasteiger partial charge in [-0.05, 0) is 12.8 Å². The highest BCUT2D eigenvalue weighted by atomic mass is 35.5. The first kappa shape index (κ1) is 13.3. The molecule has 0 aromatic rings. The van der Waals surface area contributed by atoms with E-state index in [0.717, 1.165) is 6.42 Å². The molecular weight excluding hydrogens is 232 g/mol. The van der Waals surface area contributed by atoms with Crippen LogP contribution in [0.15, 0.2) is 11.8 Å². The molecule has 1 unspecified atom stereocenters. The van der Waals surface area contributed by atoms with E-state index >= 15 is 0 Å². The number of esters is 1. The van der Waals surface area contributed by atoms with E-state index in [9.17, 15) is 9.90 Å². The van der Waals surface area contributed by atoms with Crippen molar-refractivity contribution < 1.29 is 19.4 Å². The molecule has 16 heavy (non-hydrogen) atoms. The second-order valence-electron chi connectivity index (χ2n) is 3.75. The molecule has 0 spiro atoms. The summed E-state index contributed by atoms with van der Waals surface area (Å²) in [6, 6.07) is 0. The van der Waals surface area contributed by atoms with Crippen LogP contribution in [0, 0.1) is 11.8 Å². The molecule has 5 heteroatoms. The molecule has 1 heterocycles. The molecule has 3 atom stereocenters. The molecule has 0 aromatic heterocycles. The van der Waals surface area contributed by atoms with Gasteiger partial charge >= 0.3 is 5.97 Å². The fourth-order valence-electron chi connectivity index (χ4n) is 2.05. The Kier molecular flexibility index (Phi) is 5.09. The number of alkyl halides is 1. The van der Waals surface area contributed by atoms with Crippen molar-refractivity contribution in [1.29, 1.82) is 0 Å². The Morgan fingerprint density at radius 1 is 1.69 bits per heavy atom. The fourth-order valence-corrected chi connectivity index (χ4v) is 2.29. The van der Waals surface area contributed by atoms with Gasteiger partial charge in [-0.25, -0.2) is 4.79 Å². The van der Waals surface area contributed by atoms with Crippen molar-refractivity contribution in [2.45, 2.75) is 26.1 Å². The molecule has 0 aromatic carbocycles. The van der Waals surface area contributed by atoms with Gasteiger partial charge in [0.25, 0.3) is 0 Å². The molecule has 0 amide bonds. The summed E-state index contributed by atoms with van der Waals surface area (Å²) in [5.74, 6) is -0.195. The third-order valence-corrected chi connectivity index (χ3v) is 3.15. The zero-order valence-corrected chi connectivity index (χ0v) is 10.2. The first-order valence-electron chi connectivity index (χ1n) is 5.33.